The van der Waals surface area contributed by atoms with E-state index in [0.717, 1.165) is 25.0 Å². The Morgan fingerprint density at radius 3 is 2.53 bits per heavy atom. The lowest BCUT2D eigenvalue weighted by atomic mass is 9.93. The Bertz CT molecular complexity index is 868. The van der Waals surface area contributed by atoms with Gasteiger partial charge in [-0.2, -0.15) is 0 Å². The maximum absolute atomic E-state index is 14.3. The highest BCUT2D eigenvalue weighted by molar-refractivity contribution is 5.76. The molecular formula is C21H29F4N5O4. The lowest BCUT2D eigenvalue weighted by Gasteiger charge is -2.42. The summed E-state index contributed by atoms with van der Waals surface area (Å²) < 4.78 is 55.0. The van der Waals surface area contributed by atoms with Crippen LogP contribution in [0, 0.1) is 11.7 Å². The van der Waals surface area contributed by atoms with Crippen molar-refractivity contribution in [2.24, 2.45) is 5.92 Å². The van der Waals surface area contributed by atoms with E-state index in [1.807, 2.05) is 0 Å². The van der Waals surface area contributed by atoms with Gasteiger partial charge in [-0.3, -0.25) is 0 Å². The number of hydroxylamine groups is 1. The SMILES string of the molecule is CNC(=O)N1CC(CNOC)CC(N(C(=O)NCc2ccc(OC(F)(F)F)cc2F)C2CC2)C1. The van der Waals surface area contributed by atoms with Crippen molar-refractivity contribution in [3.63, 3.8) is 0 Å². The predicted molar refractivity (Wildman–Crippen MR) is 113 cm³/mol. The van der Waals surface area contributed by atoms with Gasteiger partial charge in [0.25, 0.3) is 0 Å². The highest BCUT2D eigenvalue weighted by Crippen LogP contribution is 2.33. The van der Waals surface area contributed by atoms with Gasteiger partial charge in [0.05, 0.1) is 13.2 Å². The molecule has 2 aliphatic rings. The van der Waals surface area contributed by atoms with Crippen LogP contribution in [-0.2, 0) is 11.4 Å². The number of urea groups is 2. The number of alkyl halides is 3. The molecule has 2 unspecified atom stereocenters. The largest absolute Gasteiger partial charge is 0.573 e. The fourth-order valence-electron chi connectivity index (χ4n) is 4.16. The van der Waals surface area contributed by atoms with E-state index < -0.39 is 24.0 Å². The Labute approximate surface area is 194 Å². The molecule has 1 saturated carbocycles. The molecule has 0 bridgehead atoms. The van der Waals surface area contributed by atoms with Crippen molar-refractivity contribution < 1.29 is 36.7 Å². The van der Waals surface area contributed by atoms with Crippen LogP contribution < -0.4 is 20.9 Å². The summed E-state index contributed by atoms with van der Waals surface area (Å²) in [7, 11) is 3.04. The number of halogens is 4. The molecule has 1 heterocycles. The number of hydrogen-bond acceptors (Lipinski definition) is 5. The zero-order valence-electron chi connectivity index (χ0n) is 19.0. The Kier molecular flexibility index (Phi) is 8.42. The highest BCUT2D eigenvalue weighted by Gasteiger charge is 2.41. The van der Waals surface area contributed by atoms with Gasteiger partial charge in [0.1, 0.15) is 11.6 Å². The van der Waals surface area contributed by atoms with Gasteiger partial charge in [-0.25, -0.2) is 19.5 Å². The average Bonchev–Trinajstić information content (AvgIpc) is 3.60. The molecule has 34 heavy (non-hydrogen) atoms. The molecule has 13 heteroatoms. The number of amides is 4. The number of hydrogen-bond donors (Lipinski definition) is 3. The Morgan fingerprint density at radius 2 is 1.94 bits per heavy atom. The Hall–Kier alpha value is -2.80. The third-order valence-corrected chi connectivity index (χ3v) is 5.79. The van der Waals surface area contributed by atoms with E-state index in [9.17, 15) is 27.2 Å². The van der Waals surface area contributed by atoms with Crippen molar-refractivity contribution in [3.8, 4) is 5.75 Å². The molecule has 2 atom stereocenters. The van der Waals surface area contributed by atoms with Crippen LogP contribution in [-0.4, -0.2) is 74.1 Å². The minimum absolute atomic E-state index is 0.0121. The molecule has 1 aliphatic heterocycles. The topological polar surface area (TPSA) is 95.2 Å². The summed E-state index contributed by atoms with van der Waals surface area (Å²) >= 11 is 0. The normalized spacial score (nSPS) is 20.6. The van der Waals surface area contributed by atoms with Gasteiger partial charge < -0.3 is 30.0 Å². The van der Waals surface area contributed by atoms with Gasteiger partial charge in [-0.05, 0) is 31.2 Å². The van der Waals surface area contributed by atoms with Gasteiger partial charge in [0, 0.05) is 50.9 Å². The summed E-state index contributed by atoms with van der Waals surface area (Å²) in [6, 6.07) is 1.85. The summed E-state index contributed by atoms with van der Waals surface area (Å²) in [5.74, 6) is -1.55. The number of carbonyl (C=O) groups excluding carboxylic acids is 2. The van der Waals surface area contributed by atoms with Crippen molar-refractivity contribution in [3.05, 3.63) is 29.6 Å². The number of carbonyl (C=O) groups is 2. The first-order valence-electron chi connectivity index (χ1n) is 10.9. The fourth-order valence-corrected chi connectivity index (χ4v) is 4.16. The summed E-state index contributed by atoms with van der Waals surface area (Å²) in [6.45, 7) is 1.15. The Balaban J connectivity index is 1.67. The smallest absolute Gasteiger partial charge is 0.406 e. The van der Waals surface area contributed by atoms with Crippen molar-refractivity contribution in [1.82, 2.24) is 25.9 Å². The number of rotatable bonds is 8. The molecule has 9 nitrogen and oxygen atoms in total. The van der Waals surface area contributed by atoms with E-state index in [2.05, 4.69) is 20.9 Å². The molecule has 3 N–H and O–H groups in total. The lowest BCUT2D eigenvalue weighted by molar-refractivity contribution is -0.274. The number of nitrogens with zero attached hydrogens (tertiary/aromatic N) is 2. The summed E-state index contributed by atoms with van der Waals surface area (Å²) in [5, 5.41) is 5.28. The van der Waals surface area contributed by atoms with Gasteiger partial charge in [-0.15, -0.1) is 13.2 Å². The van der Waals surface area contributed by atoms with Gasteiger partial charge in [0.15, 0.2) is 0 Å². The number of ether oxygens (including phenoxy) is 1. The highest BCUT2D eigenvalue weighted by atomic mass is 19.4. The molecule has 4 amide bonds. The van der Waals surface area contributed by atoms with Crippen LogP contribution in [0.25, 0.3) is 0 Å². The fraction of sp³-hybridized carbons (Fsp3) is 0.619. The second kappa shape index (κ2) is 11.1. The maximum Gasteiger partial charge on any atom is 0.573 e. The standard InChI is InChI=1S/C21H29F4N5O4/c1-26-19(31)29-11-13(9-28-33-2)7-16(12-29)30(15-4-5-15)20(32)27-10-14-3-6-17(8-18(14)22)34-21(23,24)25/h3,6,8,13,15-16,28H,4-5,7,9-12H2,1-2H3,(H,26,31)(H,27,32). The summed E-state index contributed by atoms with van der Waals surface area (Å²) in [5.41, 5.74) is 2.83. The summed E-state index contributed by atoms with van der Waals surface area (Å²) in [4.78, 5) is 33.7. The van der Waals surface area contributed by atoms with E-state index >= 15 is 0 Å². The van der Waals surface area contributed by atoms with Crippen LogP contribution in [0.3, 0.4) is 0 Å². The number of benzene rings is 1. The monoisotopic (exact) mass is 491 g/mol. The molecule has 1 aromatic rings. The molecule has 1 aromatic carbocycles. The van der Waals surface area contributed by atoms with Crippen molar-refractivity contribution in [2.45, 2.75) is 44.3 Å². The van der Waals surface area contributed by atoms with E-state index in [1.165, 1.54) is 7.11 Å². The van der Waals surface area contributed by atoms with Crippen molar-refractivity contribution in [2.75, 3.05) is 33.8 Å². The number of piperidine rings is 1. The van der Waals surface area contributed by atoms with E-state index in [-0.39, 0.29) is 36.1 Å². The molecule has 2 fully saturated rings. The van der Waals surface area contributed by atoms with Crippen molar-refractivity contribution >= 4 is 12.1 Å². The Morgan fingerprint density at radius 1 is 1.21 bits per heavy atom. The molecule has 1 aliphatic carbocycles. The molecular weight excluding hydrogens is 462 g/mol. The van der Waals surface area contributed by atoms with Gasteiger partial charge >= 0.3 is 18.4 Å². The minimum Gasteiger partial charge on any atom is -0.406 e. The molecule has 0 spiro atoms. The second-order valence-electron chi connectivity index (χ2n) is 8.37. The minimum atomic E-state index is -4.92. The summed E-state index contributed by atoms with van der Waals surface area (Å²) in [6.07, 6.45) is -2.64. The maximum atomic E-state index is 14.3. The zero-order chi connectivity index (χ0) is 24.9. The first kappa shape index (κ1) is 25.8. The lowest BCUT2D eigenvalue weighted by Crippen LogP contribution is -2.58. The number of nitrogens with one attached hydrogen (secondary N) is 3. The van der Waals surface area contributed by atoms with Gasteiger partial charge in [0.2, 0.25) is 0 Å². The first-order chi connectivity index (χ1) is 16.1. The van der Waals surface area contributed by atoms with Crippen molar-refractivity contribution in [1.29, 1.82) is 0 Å². The van der Waals surface area contributed by atoms with Crippen LogP contribution in [0.1, 0.15) is 24.8 Å². The van der Waals surface area contributed by atoms with Crippen LogP contribution >= 0.6 is 0 Å². The average molecular weight is 491 g/mol. The molecule has 190 valence electrons. The van der Waals surface area contributed by atoms with Gasteiger partial charge in [-0.1, -0.05) is 6.07 Å². The van der Waals surface area contributed by atoms with E-state index in [0.29, 0.717) is 32.1 Å². The molecule has 0 radical (unpaired) electrons. The quantitative estimate of drug-likeness (QED) is 0.384. The van der Waals surface area contributed by atoms with Crippen LogP contribution in [0.2, 0.25) is 0 Å². The van der Waals surface area contributed by atoms with Crippen LogP contribution in [0.4, 0.5) is 27.2 Å². The molecule has 1 saturated heterocycles. The predicted octanol–water partition coefficient (Wildman–Crippen LogP) is 2.58. The van der Waals surface area contributed by atoms with E-state index in [1.54, 1.807) is 16.8 Å². The van der Waals surface area contributed by atoms with E-state index in [4.69, 9.17) is 4.84 Å². The third-order valence-electron chi connectivity index (χ3n) is 5.79. The zero-order valence-corrected chi connectivity index (χ0v) is 19.0. The third kappa shape index (κ3) is 7.10. The molecule has 0 aromatic heterocycles. The van der Waals surface area contributed by atoms with Crippen LogP contribution in [0.5, 0.6) is 5.75 Å². The second-order valence-corrected chi connectivity index (χ2v) is 8.37. The first-order valence-corrected chi connectivity index (χ1v) is 10.9. The van der Waals surface area contributed by atoms with Crippen LogP contribution in [0.15, 0.2) is 18.2 Å². The number of likely N-dealkylation sites (tertiary alicyclic amines) is 1. The molecule has 3 rings (SSSR count).